The maximum Gasteiger partial charge on any atom is 0.358 e. The molecule has 100 valence electrons. The molecule has 0 spiro atoms. The number of hydrogen-bond donors (Lipinski definition) is 0. The van der Waals surface area contributed by atoms with Gasteiger partial charge in [-0.3, -0.25) is 4.57 Å². The Bertz CT molecular complexity index is 427. The second-order valence-electron chi connectivity index (χ2n) is 3.49. The Balaban J connectivity index is 3.28. The number of halogens is 1. The second-order valence-corrected chi connectivity index (χ2v) is 7.57. The molecule has 0 aliphatic rings. The van der Waals surface area contributed by atoms with E-state index in [2.05, 4.69) is 15.9 Å². The molecular weight excluding hydrogens is 319 g/mol. The zero-order chi connectivity index (χ0) is 13.6. The van der Waals surface area contributed by atoms with Gasteiger partial charge in [0.25, 0.3) is 0 Å². The molecule has 1 atom stereocenters. The van der Waals surface area contributed by atoms with E-state index in [1.54, 1.807) is 38.1 Å². The van der Waals surface area contributed by atoms with Gasteiger partial charge < -0.3 is 13.8 Å². The molecule has 6 heteroatoms. The summed E-state index contributed by atoms with van der Waals surface area (Å²) < 4.78 is 21.8. The molecule has 0 saturated heterocycles. The summed E-state index contributed by atoms with van der Waals surface area (Å²) in [6.45, 7) is 3.81. The van der Waals surface area contributed by atoms with E-state index in [0.717, 1.165) is 0 Å². The predicted octanol–water partition coefficient (Wildman–Crippen LogP) is 3.70. The lowest BCUT2D eigenvalue weighted by atomic mass is 10.2. The normalized spacial score (nSPS) is 15.1. The molecule has 4 nitrogen and oxygen atoms in total. The fourth-order valence-corrected chi connectivity index (χ4v) is 4.13. The third kappa shape index (κ3) is 2.91. The number of carbonyl (C=O) groups excluding carboxylic acids is 1. The van der Waals surface area contributed by atoms with E-state index in [0.29, 0.717) is 11.8 Å². The first-order chi connectivity index (χ1) is 8.54. The van der Waals surface area contributed by atoms with Gasteiger partial charge in [-0.2, -0.15) is 0 Å². The second kappa shape index (κ2) is 6.62. The first kappa shape index (κ1) is 15.6. The van der Waals surface area contributed by atoms with Crippen molar-refractivity contribution < 1.29 is 18.4 Å². The molecule has 0 aliphatic carbocycles. The molecule has 1 aromatic carbocycles. The van der Waals surface area contributed by atoms with Crippen molar-refractivity contribution in [3.63, 3.8) is 0 Å². The molecular formula is C12H16BrO4P. The maximum absolute atomic E-state index is 12.7. The van der Waals surface area contributed by atoms with Crippen LogP contribution in [-0.4, -0.2) is 19.5 Å². The zero-order valence-electron chi connectivity index (χ0n) is 10.3. The molecule has 0 bridgehead atoms. The van der Waals surface area contributed by atoms with E-state index >= 15 is 0 Å². The lowest BCUT2D eigenvalue weighted by Gasteiger charge is -2.29. The first-order valence-electron chi connectivity index (χ1n) is 5.64. The van der Waals surface area contributed by atoms with Crippen LogP contribution in [0.1, 0.15) is 19.4 Å². The minimum absolute atomic E-state index is 0.200. The third-order valence-corrected chi connectivity index (χ3v) is 6.64. The number of rotatable bonds is 7. The number of benzene rings is 1. The summed E-state index contributed by atoms with van der Waals surface area (Å²) in [7, 11) is -3.61. The molecule has 1 unspecified atom stereocenters. The third-order valence-electron chi connectivity index (χ3n) is 2.33. The van der Waals surface area contributed by atoms with E-state index in [4.69, 9.17) is 9.05 Å². The van der Waals surface area contributed by atoms with Crippen molar-refractivity contribution in [1.82, 2.24) is 0 Å². The highest BCUT2D eigenvalue weighted by atomic mass is 79.9. The van der Waals surface area contributed by atoms with Crippen LogP contribution >= 0.6 is 23.5 Å². The van der Waals surface area contributed by atoms with Crippen LogP contribution in [0.5, 0.6) is 0 Å². The highest BCUT2D eigenvalue weighted by molar-refractivity contribution is 9.11. The molecule has 0 fully saturated rings. The van der Waals surface area contributed by atoms with E-state index < -0.39 is 11.7 Å². The summed E-state index contributed by atoms with van der Waals surface area (Å²) in [6, 6.07) is 8.74. The summed E-state index contributed by atoms with van der Waals surface area (Å²) in [5.41, 5.74) is 0.547. The van der Waals surface area contributed by atoms with Crippen molar-refractivity contribution in [3.8, 4) is 0 Å². The molecule has 18 heavy (non-hydrogen) atoms. The van der Waals surface area contributed by atoms with Gasteiger partial charge in [-0.1, -0.05) is 46.3 Å². The van der Waals surface area contributed by atoms with Gasteiger partial charge in [0, 0.05) is 0 Å². The highest BCUT2D eigenvalue weighted by Crippen LogP contribution is 2.67. The quantitative estimate of drug-likeness (QED) is 0.433. The lowest BCUT2D eigenvalue weighted by molar-refractivity contribution is -0.108. The Morgan fingerprint density at radius 1 is 1.22 bits per heavy atom. The van der Waals surface area contributed by atoms with Gasteiger partial charge in [0.15, 0.2) is 6.29 Å². The van der Waals surface area contributed by atoms with Crippen molar-refractivity contribution in [2.24, 2.45) is 0 Å². The van der Waals surface area contributed by atoms with Gasteiger partial charge in [-0.25, -0.2) is 0 Å². The summed E-state index contributed by atoms with van der Waals surface area (Å²) in [5.74, 6) is 0. The molecule has 0 amide bonds. The van der Waals surface area contributed by atoms with Crippen LogP contribution in [0.15, 0.2) is 30.3 Å². The lowest BCUT2D eigenvalue weighted by Crippen LogP contribution is -2.23. The summed E-state index contributed by atoms with van der Waals surface area (Å²) in [6.07, 6.45) is 0.564. The first-order valence-corrected chi connectivity index (χ1v) is 7.97. The largest absolute Gasteiger partial charge is 0.358 e. The standard InChI is InChI=1S/C12H16BrO4P/c1-3-16-18(15,17-4-2)12(13,10-14)11-8-6-5-7-9-11/h5-10H,3-4H2,1-2H3. The van der Waals surface area contributed by atoms with Crippen LogP contribution in [0.25, 0.3) is 0 Å². The minimum atomic E-state index is -3.61. The molecule has 0 aromatic heterocycles. The Labute approximate surface area is 115 Å². The number of hydrogen-bond acceptors (Lipinski definition) is 4. The molecule has 0 radical (unpaired) electrons. The fraction of sp³-hybridized carbons (Fsp3) is 0.417. The summed E-state index contributed by atoms with van der Waals surface area (Å²) in [5, 5.41) is 0. The maximum atomic E-state index is 12.7. The van der Waals surface area contributed by atoms with Gasteiger partial charge in [0.05, 0.1) is 13.2 Å². The van der Waals surface area contributed by atoms with Crippen molar-refractivity contribution in [1.29, 1.82) is 0 Å². The molecule has 0 saturated carbocycles. The van der Waals surface area contributed by atoms with Crippen LogP contribution in [0.4, 0.5) is 0 Å². The van der Waals surface area contributed by atoms with Crippen molar-refractivity contribution in [3.05, 3.63) is 35.9 Å². The summed E-state index contributed by atoms with van der Waals surface area (Å²) >= 11 is 3.24. The summed E-state index contributed by atoms with van der Waals surface area (Å²) in [4.78, 5) is 11.4. The minimum Gasteiger partial charge on any atom is -0.307 e. The van der Waals surface area contributed by atoms with Crippen molar-refractivity contribution in [2.75, 3.05) is 13.2 Å². The van der Waals surface area contributed by atoms with E-state index in [1.807, 2.05) is 6.07 Å². The monoisotopic (exact) mass is 334 g/mol. The highest BCUT2D eigenvalue weighted by Gasteiger charge is 2.50. The molecule has 1 aromatic rings. The van der Waals surface area contributed by atoms with Gasteiger partial charge in [0.1, 0.15) is 0 Å². The Morgan fingerprint density at radius 2 is 1.72 bits per heavy atom. The van der Waals surface area contributed by atoms with Crippen LogP contribution in [0.3, 0.4) is 0 Å². The average molecular weight is 335 g/mol. The zero-order valence-corrected chi connectivity index (χ0v) is 12.8. The smallest absolute Gasteiger partial charge is 0.307 e. The van der Waals surface area contributed by atoms with Gasteiger partial charge in [-0.05, 0) is 19.4 Å². The number of alkyl halides is 1. The van der Waals surface area contributed by atoms with Crippen molar-refractivity contribution in [2.45, 2.75) is 17.9 Å². The fourth-order valence-electron chi connectivity index (χ4n) is 1.53. The van der Waals surface area contributed by atoms with Crippen molar-refractivity contribution >= 4 is 29.8 Å². The molecule has 0 N–H and O–H groups in total. The average Bonchev–Trinajstić information content (AvgIpc) is 2.39. The number of aldehydes is 1. The molecule has 1 rings (SSSR count). The van der Waals surface area contributed by atoms with Gasteiger partial charge in [-0.15, -0.1) is 0 Å². The van der Waals surface area contributed by atoms with Gasteiger partial charge >= 0.3 is 7.60 Å². The Kier molecular flexibility index (Phi) is 5.73. The van der Waals surface area contributed by atoms with E-state index in [9.17, 15) is 9.36 Å². The van der Waals surface area contributed by atoms with Crippen LogP contribution in [0, 0.1) is 0 Å². The van der Waals surface area contributed by atoms with Crippen LogP contribution in [-0.2, 0) is 22.5 Å². The van der Waals surface area contributed by atoms with Crippen LogP contribution < -0.4 is 0 Å². The van der Waals surface area contributed by atoms with Gasteiger partial charge in [0.2, 0.25) is 4.07 Å². The predicted molar refractivity (Wildman–Crippen MR) is 74.0 cm³/mol. The SMILES string of the molecule is CCOP(=O)(OCC)C(Br)(C=O)c1ccccc1. The van der Waals surface area contributed by atoms with E-state index in [1.165, 1.54) is 0 Å². The molecule has 0 heterocycles. The van der Waals surface area contributed by atoms with Crippen LogP contribution in [0.2, 0.25) is 0 Å². The van der Waals surface area contributed by atoms with E-state index in [-0.39, 0.29) is 13.2 Å². The molecule has 0 aliphatic heterocycles. The topological polar surface area (TPSA) is 52.6 Å². The number of carbonyl (C=O) groups is 1. The Morgan fingerprint density at radius 3 is 2.11 bits per heavy atom. The Hall–Kier alpha value is -0.480.